The minimum atomic E-state index is -4.75. The maximum atomic E-state index is 13.0. The molecule has 0 bridgehead atoms. The highest BCUT2D eigenvalue weighted by atomic mass is 19.4. The molecule has 0 spiro atoms. The van der Waals surface area contributed by atoms with Crippen molar-refractivity contribution >= 4 is 11.7 Å². The first kappa shape index (κ1) is 17.2. The van der Waals surface area contributed by atoms with E-state index in [-0.39, 0.29) is 32.1 Å². The summed E-state index contributed by atoms with van der Waals surface area (Å²) in [4.78, 5) is 10.9. The molecule has 0 heterocycles. The van der Waals surface area contributed by atoms with E-state index in [1.165, 1.54) is 6.07 Å². The van der Waals surface area contributed by atoms with Crippen LogP contribution in [-0.2, 0) is 20.4 Å². The Morgan fingerprint density at radius 1 is 1.33 bits per heavy atom. The average molecular weight is 309 g/mol. The van der Waals surface area contributed by atoms with Crippen molar-refractivity contribution in [1.82, 2.24) is 0 Å². The van der Waals surface area contributed by atoms with Gasteiger partial charge in [-0.25, -0.2) is 9.18 Å². The van der Waals surface area contributed by atoms with Gasteiger partial charge in [0.05, 0.1) is 18.8 Å². The van der Waals surface area contributed by atoms with Gasteiger partial charge < -0.3 is 14.8 Å². The number of hydrogen-bond donors (Lipinski definition) is 1. The molecule has 0 aliphatic heterocycles. The van der Waals surface area contributed by atoms with Crippen molar-refractivity contribution in [2.45, 2.75) is 13.1 Å². The van der Waals surface area contributed by atoms with E-state index in [2.05, 4.69) is 10.1 Å². The fourth-order valence-corrected chi connectivity index (χ4v) is 1.48. The summed E-state index contributed by atoms with van der Waals surface area (Å²) >= 11 is 0. The number of esters is 1. The summed E-state index contributed by atoms with van der Waals surface area (Å²) in [7, 11) is 0. The zero-order valence-corrected chi connectivity index (χ0v) is 11.3. The van der Waals surface area contributed by atoms with Crippen LogP contribution in [0.3, 0.4) is 0 Å². The molecule has 0 amide bonds. The summed E-state index contributed by atoms with van der Waals surface area (Å²) in [5.74, 6) is -1.84. The molecule has 0 saturated carbocycles. The smallest absolute Gasteiger partial charge is 0.419 e. The van der Waals surface area contributed by atoms with E-state index in [1.54, 1.807) is 6.92 Å². The molecule has 0 aromatic heterocycles. The van der Waals surface area contributed by atoms with Crippen LogP contribution in [0.25, 0.3) is 0 Å². The molecule has 0 saturated heterocycles. The fraction of sp³-hybridized carbons (Fsp3) is 0.462. The Kier molecular flexibility index (Phi) is 6.41. The largest absolute Gasteiger partial charge is 0.464 e. The van der Waals surface area contributed by atoms with Gasteiger partial charge in [0.15, 0.2) is 0 Å². The van der Waals surface area contributed by atoms with Crippen LogP contribution in [0.4, 0.5) is 23.2 Å². The van der Waals surface area contributed by atoms with Gasteiger partial charge in [-0.2, -0.15) is 13.2 Å². The first-order valence-electron chi connectivity index (χ1n) is 6.18. The van der Waals surface area contributed by atoms with Crippen LogP contribution in [0.1, 0.15) is 12.5 Å². The predicted molar refractivity (Wildman–Crippen MR) is 67.3 cm³/mol. The lowest BCUT2D eigenvalue weighted by Gasteiger charge is -2.11. The number of hydrogen-bond acceptors (Lipinski definition) is 4. The molecule has 0 atom stereocenters. The molecule has 0 radical (unpaired) electrons. The quantitative estimate of drug-likeness (QED) is 0.478. The van der Waals surface area contributed by atoms with Gasteiger partial charge in [-0.3, -0.25) is 0 Å². The molecular formula is C13H15F4NO3. The number of benzene rings is 1. The molecule has 0 aliphatic carbocycles. The minimum Gasteiger partial charge on any atom is -0.464 e. The van der Waals surface area contributed by atoms with Gasteiger partial charge >= 0.3 is 12.1 Å². The van der Waals surface area contributed by atoms with E-state index < -0.39 is 23.5 Å². The Balaban J connectivity index is 2.41. The number of halogens is 4. The average Bonchev–Trinajstić information content (AvgIpc) is 2.39. The first-order chi connectivity index (χ1) is 9.84. The lowest BCUT2D eigenvalue weighted by Crippen LogP contribution is -2.17. The summed E-state index contributed by atoms with van der Waals surface area (Å²) in [6, 6.07) is 2.61. The molecule has 1 aromatic carbocycles. The molecule has 118 valence electrons. The summed E-state index contributed by atoms with van der Waals surface area (Å²) in [5.41, 5.74) is -1.22. The topological polar surface area (TPSA) is 47.6 Å². The van der Waals surface area contributed by atoms with Crippen molar-refractivity contribution in [3.8, 4) is 0 Å². The zero-order chi connectivity index (χ0) is 15.9. The Labute approximate surface area is 119 Å². The number of alkyl halides is 3. The molecule has 1 rings (SSSR count). The number of carbonyl (C=O) groups is 1. The Morgan fingerprint density at radius 2 is 2.05 bits per heavy atom. The van der Waals surface area contributed by atoms with Crippen molar-refractivity contribution in [2.75, 3.05) is 31.7 Å². The lowest BCUT2D eigenvalue weighted by atomic mass is 10.2. The fourth-order valence-electron chi connectivity index (χ4n) is 1.48. The number of carbonyl (C=O) groups excluding carboxylic acids is 1. The van der Waals surface area contributed by atoms with E-state index in [1.807, 2.05) is 0 Å². The highest BCUT2D eigenvalue weighted by Gasteiger charge is 2.34. The second-order valence-electron chi connectivity index (χ2n) is 3.98. The van der Waals surface area contributed by atoms with Crippen molar-refractivity contribution in [1.29, 1.82) is 0 Å². The van der Waals surface area contributed by atoms with Crippen LogP contribution >= 0.6 is 0 Å². The summed E-state index contributed by atoms with van der Waals surface area (Å²) in [6.07, 6.45) is -4.75. The van der Waals surface area contributed by atoms with E-state index in [0.29, 0.717) is 6.07 Å². The molecule has 0 aliphatic rings. The Morgan fingerprint density at radius 3 is 2.67 bits per heavy atom. The molecule has 1 aromatic rings. The number of anilines is 1. The van der Waals surface area contributed by atoms with Crippen LogP contribution in [0, 0.1) is 5.82 Å². The van der Waals surface area contributed by atoms with Crippen molar-refractivity contribution < 1.29 is 31.8 Å². The van der Waals surface area contributed by atoms with Crippen LogP contribution in [0.15, 0.2) is 18.2 Å². The second-order valence-corrected chi connectivity index (χ2v) is 3.98. The molecular weight excluding hydrogens is 294 g/mol. The van der Waals surface area contributed by atoms with Crippen LogP contribution in [0.2, 0.25) is 0 Å². The van der Waals surface area contributed by atoms with Gasteiger partial charge in [-0.1, -0.05) is 0 Å². The van der Waals surface area contributed by atoms with Crippen molar-refractivity contribution in [3.05, 3.63) is 29.6 Å². The summed E-state index contributed by atoms with van der Waals surface area (Å²) in [6.45, 7) is 1.94. The van der Waals surface area contributed by atoms with E-state index in [4.69, 9.17) is 4.74 Å². The van der Waals surface area contributed by atoms with Gasteiger partial charge in [0, 0.05) is 12.2 Å². The van der Waals surface area contributed by atoms with Crippen molar-refractivity contribution in [3.63, 3.8) is 0 Å². The number of nitrogens with one attached hydrogen (secondary N) is 1. The van der Waals surface area contributed by atoms with Crippen LogP contribution in [-0.4, -0.2) is 32.3 Å². The summed E-state index contributed by atoms with van der Waals surface area (Å²) in [5, 5.41) is 2.65. The van der Waals surface area contributed by atoms with Gasteiger partial charge in [-0.15, -0.1) is 0 Å². The third kappa shape index (κ3) is 5.99. The van der Waals surface area contributed by atoms with E-state index >= 15 is 0 Å². The van der Waals surface area contributed by atoms with Gasteiger partial charge in [0.1, 0.15) is 12.4 Å². The highest BCUT2D eigenvalue weighted by Crippen LogP contribution is 2.32. The maximum absolute atomic E-state index is 13.0. The minimum absolute atomic E-state index is 0.0948. The predicted octanol–water partition coefficient (Wildman–Crippen LogP) is 2.84. The normalized spacial score (nSPS) is 11.3. The monoisotopic (exact) mass is 309 g/mol. The zero-order valence-electron chi connectivity index (χ0n) is 11.3. The van der Waals surface area contributed by atoms with Crippen LogP contribution < -0.4 is 5.32 Å². The standard InChI is InChI=1S/C13H15F4NO3/c1-2-21-12(19)8-20-6-5-18-9-3-4-11(14)10(7-9)13(15,16)17/h3-4,7,18H,2,5-6,8H2,1H3. The molecule has 4 nitrogen and oxygen atoms in total. The van der Waals surface area contributed by atoms with Gasteiger partial charge in [0.25, 0.3) is 0 Å². The van der Waals surface area contributed by atoms with Crippen LogP contribution in [0.5, 0.6) is 0 Å². The van der Waals surface area contributed by atoms with E-state index in [9.17, 15) is 22.4 Å². The SMILES string of the molecule is CCOC(=O)COCCNc1ccc(F)c(C(F)(F)F)c1. The van der Waals surface area contributed by atoms with Crippen molar-refractivity contribution in [2.24, 2.45) is 0 Å². The second kappa shape index (κ2) is 7.82. The van der Waals surface area contributed by atoms with E-state index in [0.717, 1.165) is 6.07 Å². The molecule has 8 heteroatoms. The van der Waals surface area contributed by atoms with Gasteiger partial charge in [-0.05, 0) is 25.1 Å². The third-order valence-corrected chi connectivity index (χ3v) is 2.37. The highest BCUT2D eigenvalue weighted by molar-refractivity contribution is 5.70. The number of rotatable bonds is 7. The Bertz CT molecular complexity index is 477. The lowest BCUT2D eigenvalue weighted by molar-refractivity contribution is -0.148. The molecule has 1 N–H and O–H groups in total. The third-order valence-electron chi connectivity index (χ3n) is 2.37. The van der Waals surface area contributed by atoms with Gasteiger partial charge in [0.2, 0.25) is 0 Å². The molecule has 0 fully saturated rings. The molecule has 21 heavy (non-hydrogen) atoms. The summed E-state index contributed by atoms with van der Waals surface area (Å²) < 4.78 is 60.1. The Hall–Kier alpha value is -1.83. The maximum Gasteiger partial charge on any atom is 0.419 e. The first-order valence-corrected chi connectivity index (χ1v) is 6.18. The molecule has 0 unspecified atom stereocenters. The number of ether oxygens (including phenoxy) is 2.